The predicted molar refractivity (Wildman–Crippen MR) is 114 cm³/mol. The number of nitrogens with zero attached hydrogens (tertiary/aromatic N) is 2. The van der Waals surface area contributed by atoms with Crippen LogP contribution in [0.3, 0.4) is 0 Å². The zero-order valence-corrected chi connectivity index (χ0v) is 17.4. The van der Waals surface area contributed by atoms with Gasteiger partial charge in [0, 0.05) is 0 Å². The number of esters is 1. The minimum atomic E-state index is -0.545. The van der Waals surface area contributed by atoms with Crippen molar-refractivity contribution in [3.63, 3.8) is 0 Å². The van der Waals surface area contributed by atoms with Crippen LogP contribution in [0.25, 0.3) is 6.08 Å². The highest BCUT2D eigenvalue weighted by Crippen LogP contribution is 2.32. The maximum absolute atomic E-state index is 13.2. The highest BCUT2D eigenvalue weighted by molar-refractivity contribution is 7.80. The van der Waals surface area contributed by atoms with Crippen LogP contribution in [0.15, 0.2) is 48.2 Å². The largest absolute Gasteiger partial charge is 0.504 e. The minimum Gasteiger partial charge on any atom is -0.504 e. The van der Waals surface area contributed by atoms with E-state index in [0.717, 1.165) is 0 Å². The first kappa shape index (κ1) is 21.1. The molecule has 3 rings (SSSR count). The van der Waals surface area contributed by atoms with E-state index in [4.69, 9.17) is 26.4 Å². The number of carbonyl (C=O) groups excluding carboxylic acids is 2. The smallest absolute Gasteiger partial charge is 0.325 e. The van der Waals surface area contributed by atoms with E-state index in [-0.39, 0.29) is 28.9 Å². The molecule has 1 saturated heterocycles. The van der Waals surface area contributed by atoms with Gasteiger partial charge in [-0.15, -0.1) is 0 Å². The first-order valence-corrected chi connectivity index (χ1v) is 9.26. The molecule has 0 saturated carbocycles. The number of phenolic OH excluding ortho intramolecular Hbond substituents is 1. The average Bonchev–Trinajstić information content (AvgIpc) is 2.98. The summed E-state index contributed by atoms with van der Waals surface area (Å²) in [6.45, 7) is -0.227. The molecule has 9 heteroatoms. The Labute approximate surface area is 178 Å². The van der Waals surface area contributed by atoms with E-state index in [9.17, 15) is 14.7 Å². The molecule has 1 amide bonds. The SMILES string of the molecule is COC(=O)CN1C(=S)N(c2ccc(OC)cc2)C(=O)/C1=C/c1ccc(O)c(OC)c1. The molecule has 1 N–H and O–H groups in total. The zero-order chi connectivity index (χ0) is 21.8. The van der Waals surface area contributed by atoms with E-state index in [2.05, 4.69) is 0 Å². The predicted octanol–water partition coefficient (Wildman–Crippen LogP) is 2.56. The fraction of sp³-hybridized carbons (Fsp3) is 0.190. The summed E-state index contributed by atoms with van der Waals surface area (Å²) >= 11 is 5.50. The van der Waals surface area contributed by atoms with Gasteiger partial charge in [-0.1, -0.05) is 6.07 Å². The Balaban J connectivity index is 2.04. The Hall–Kier alpha value is -3.59. The molecule has 156 valence electrons. The van der Waals surface area contributed by atoms with Crippen molar-refractivity contribution >= 4 is 41.0 Å². The lowest BCUT2D eigenvalue weighted by Crippen LogP contribution is -2.35. The molecule has 0 unspecified atom stereocenters. The van der Waals surface area contributed by atoms with E-state index < -0.39 is 11.9 Å². The molecule has 1 aliphatic rings. The lowest BCUT2D eigenvalue weighted by atomic mass is 10.1. The number of carbonyl (C=O) groups is 2. The number of rotatable bonds is 6. The van der Waals surface area contributed by atoms with E-state index in [1.807, 2.05) is 0 Å². The van der Waals surface area contributed by atoms with Gasteiger partial charge < -0.3 is 24.2 Å². The van der Waals surface area contributed by atoms with Crippen LogP contribution in [0, 0.1) is 0 Å². The fourth-order valence-electron chi connectivity index (χ4n) is 2.93. The number of benzene rings is 2. The molecule has 0 spiro atoms. The van der Waals surface area contributed by atoms with Crippen molar-refractivity contribution in [2.75, 3.05) is 32.8 Å². The van der Waals surface area contributed by atoms with Crippen molar-refractivity contribution in [2.24, 2.45) is 0 Å². The van der Waals surface area contributed by atoms with E-state index >= 15 is 0 Å². The number of hydrogen-bond acceptors (Lipinski definition) is 7. The van der Waals surface area contributed by atoms with Crippen molar-refractivity contribution in [2.45, 2.75) is 0 Å². The Morgan fingerprint density at radius 3 is 2.40 bits per heavy atom. The third kappa shape index (κ3) is 4.06. The summed E-state index contributed by atoms with van der Waals surface area (Å²) in [6.07, 6.45) is 1.57. The first-order chi connectivity index (χ1) is 14.4. The molecule has 30 heavy (non-hydrogen) atoms. The molecule has 1 fully saturated rings. The quantitative estimate of drug-likeness (QED) is 0.427. The van der Waals surface area contributed by atoms with Crippen LogP contribution in [-0.4, -0.2) is 54.9 Å². The normalized spacial score (nSPS) is 15.0. The molecule has 0 radical (unpaired) electrons. The van der Waals surface area contributed by atoms with Crippen LogP contribution < -0.4 is 14.4 Å². The van der Waals surface area contributed by atoms with Crippen LogP contribution in [0.2, 0.25) is 0 Å². The van der Waals surface area contributed by atoms with Crippen molar-refractivity contribution in [1.82, 2.24) is 4.90 Å². The van der Waals surface area contributed by atoms with Crippen LogP contribution >= 0.6 is 12.2 Å². The summed E-state index contributed by atoms with van der Waals surface area (Å²) in [5.74, 6) is -0.0881. The molecular formula is C21H20N2O6S. The maximum atomic E-state index is 13.2. The van der Waals surface area contributed by atoms with Crippen LogP contribution in [-0.2, 0) is 14.3 Å². The van der Waals surface area contributed by atoms with Gasteiger partial charge in [-0.25, -0.2) is 0 Å². The number of thiocarbonyl (C=S) groups is 1. The Bertz CT molecular complexity index is 1020. The maximum Gasteiger partial charge on any atom is 0.325 e. The fourth-order valence-corrected chi connectivity index (χ4v) is 3.28. The van der Waals surface area contributed by atoms with Gasteiger partial charge >= 0.3 is 5.97 Å². The Kier molecular flexibility index (Phi) is 6.22. The monoisotopic (exact) mass is 428 g/mol. The average molecular weight is 428 g/mol. The molecule has 8 nitrogen and oxygen atoms in total. The van der Waals surface area contributed by atoms with Gasteiger partial charge in [0.05, 0.1) is 27.0 Å². The van der Waals surface area contributed by atoms with Crippen molar-refractivity contribution in [3.8, 4) is 17.2 Å². The topological polar surface area (TPSA) is 88.5 Å². The highest BCUT2D eigenvalue weighted by atomic mass is 32.1. The third-order valence-corrected chi connectivity index (χ3v) is 4.89. The van der Waals surface area contributed by atoms with E-state index in [1.165, 1.54) is 30.1 Å². The standard InChI is InChI=1S/C21H20N2O6S/c1-27-15-7-5-14(6-8-15)23-20(26)16(22(21(23)30)12-19(25)29-3)10-13-4-9-17(24)18(11-13)28-2/h4-11,24H,12H2,1-3H3/b16-10-. The summed E-state index contributed by atoms with van der Waals surface area (Å²) in [4.78, 5) is 27.9. The second-order valence-corrected chi connectivity index (χ2v) is 6.61. The molecule has 0 bridgehead atoms. The van der Waals surface area contributed by atoms with Gasteiger partial charge in [0.25, 0.3) is 5.91 Å². The number of aromatic hydroxyl groups is 1. The third-order valence-electron chi connectivity index (χ3n) is 4.49. The number of methoxy groups -OCH3 is 3. The molecule has 1 aliphatic heterocycles. The lowest BCUT2D eigenvalue weighted by molar-refractivity contribution is -0.140. The van der Waals surface area contributed by atoms with Crippen LogP contribution in [0.4, 0.5) is 5.69 Å². The molecule has 2 aromatic carbocycles. The van der Waals surface area contributed by atoms with Gasteiger partial charge in [-0.2, -0.15) is 0 Å². The summed E-state index contributed by atoms with van der Waals surface area (Å²) in [5, 5.41) is 9.95. The second kappa shape index (κ2) is 8.83. The van der Waals surface area contributed by atoms with Crippen molar-refractivity contribution < 1.29 is 28.9 Å². The summed E-state index contributed by atoms with van der Waals surface area (Å²) in [6, 6.07) is 11.5. The molecule has 0 aromatic heterocycles. The molecule has 0 aliphatic carbocycles. The van der Waals surface area contributed by atoms with Gasteiger partial charge in [0.2, 0.25) is 0 Å². The first-order valence-electron chi connectivity index (χ1n) is 8.85. The number of hydrogen-bond donors (Lipinski definition) is 1. The van der Waals surface area contributed by atoms with Gasteiger partial charge in [0.15, 0.2) is 16.6 Å². The molecule has 0 atom stereocenters. The molecule has 1 heterocycles. The van der Waals surface area contributed by atoms with Gasteiger partial charge in [-0.3, -0.25) is 14.5 Å². The summed E-state index contributed by atoms with van der Waals surface area (Å²) in [7, 11) is 4.24. The number of phenols is 1. The van der Waals surface area contributed by atoms with Gasteiger partial charge in [0.1, 0.15) is 18.0 Å². The molecular weight excluding hydrogens is 408 g/mol. The van der Waals surface area contributed by atoms with E-state index in [0.29, 0.717) is 17.0 Å². The van der Waals surface area contributed by atoms with E-state index in [1.54, 1.807) is 49.6 Å². The second-order valence-electron chi connectivity index (χ2n) is 6.24. The summed E-state index contributed by atoms with van der Waals surface area (Å²) < 4.78 is 15.0. The zero-order valence-electron chi connectivity index (χ0n) is 16.6. The Morgan fingerprint density at radius 2 is 1.80 bits per heavy atom. The minimum absolute atomic E-state index is 0.0285. The Morgan fingerprint density at radius 1 is 1.10 bits per heavy atom. The van der Waals surface area contributed by atoms with Crippen molar-refractivity contribution in [1.29, 1.82) is 0 Å². The van der Waals surface area contributed by atoms with Crippen LogP contribution in [0.5, 0.6) is 17.2 Å². The van der Waals surface area contributed by atoms with Crippen LogP contribution in [0.1, 0.15) is 5.56 Å². The number of anilines is 1. The number of ether oxygens (including phenoxy) is 3. The highest BCUT2D eigenvalue weighted by Gasteiger charge is 2.40. The lowest BCUT2D eigenvalue weighted by Gasteiger charge is -2.19. The summed E-state index contributed by atoms with van der Waals surface area (Å²) in [5.41, 5.74) is 1.31. The number of amides is 1. The van der Waals surface area contributed by atoms with Crippen molar-refractivity contribution in [3.05, 3.63) is 53.7 Å². The molecule has 2 aromatic rings. The van der Waals surface area contributed by atoms with Gasteiger partial charge in [-0.05, 0) is 60.3 Å².